The molecule has 0 N–H and O–H groups in total. The maximum atomic E-state index is 10.4. The van der Waals surface area contributed by atoms with Gasteiger partial charge in [-0.3, -0.25) is 10.1 Å². The first-order chi connectivity index (χ1) is 7.07. The molecule has 0 saturated carbocycles. The molecule has 0 aliphatic carbocycles. The SMILES string of the molecule is O=[N+]([O-])c1noc([N+](=O)[O-])c1CCCCl. The minimum Gasteiger partial charge on any atom is -0.358 e. The van der Waals surface area contributed by atoms with Gasteiger partial charge in [-0.1, -0.05) is 0 Å². The number of nitro groups is 2. The Morgan fingerprint density at radius 1 is 1.33 bits per heavy atom. The van der Waals surface area contributed by atoms with Gasteiger partial charge in [-0.2, -0.15) is 4.52 Å². The Kier molecular flexibility index (Phi) is 3.56. The molecule has 0 aromatic carbocycles. The monoisotopic (exact) mass is 235 g/mol. The van der Waals surface area contributed by atoms with Crippen molar-refractivity contribution in [2.24, 2.45) is 0 Å². The molecule has 0 spiro atoms. The van der Waals surface area contributed by atoms with Crippen molar-refractivity contribution in [3.8, 4) is 0 Å². The highest BCUT2D eigenvalue weighted by atomic mass is 35.5. The van der Waals surface area contributed by atoms with E-state index >= 15 is 0 Å². The largest absolute Gasteiger partial charge is 0.487 e. The van der Waals surface area contributed by atoms with Gasteiger partial charge in [0.25, 0.3) is 0 Å². The third kappa shape index (κ3) is 2.40. The highest BCUT2D eigenvalue weighted by Crippen LogP contribution is 2.28. The van der Waals surface area contributed by atoms with E-state index in [4.69, 9.17) is 11.6 Å². The summed E-state index contributed by atoms with van der Waals surface area (Å²) >= 11 is 5.39. The van der Waals surface area contributed by atoms with Gasteiger partial charge in [0.15, 0.2) is 10.7 Å². The van der Waals surface area contributed by atoms with E-state index in [1.54, 1.807) is 0 Å². The molecule has 0 radical (unpaired) electrons. The lowest BCUT2D eigenvalue weighted by molar-refractivity contribution is -0.404. The van der Waals surface area contributed by atoms with E-state index in [1.165, 1.54) is 0 Å². The first-order valence-corrected chi connectivity index (χ1v) is 4.44. The number of nitrogens with zero attached hydrogens (tertiary/aromatic N) is 3. The van der Waals surface area contributed by atoms with Crippen molar-refractivity contribution in [2.75, 3.05) is 5.88 Å². The van der Waals surface area contributed by atoms with Crippen LogP contribution in [-0.2, 0) is 6.42 Å². The third-order valence-corrected chi connectivity index (χ3v) is 1.91. The molecule has 9 heteroatoms. The van der Waals surface area contributed by atoms with E-state index in [0.29, 0.717) is 6.42 Å². The number of halogens is 1. The normalized spacial score (nSPS) is 10.2. The summed E-state index contributed by atoms with van der Waals surface area (Å²) in [5.41, 5.74) is -0.120. The summed E-state index contributed by atoms with van der Waals surface area (Å²) in [5.74, 6) is -1.06. The van der Waals surface area contributed by atoms with Crippen LogP contribution in [0.15, 0.2) is 4.52 Å². The van der Waals surface area contributed by atoms with Gasteiger partial charge >= 0.3 is 11.7 Å². The molecule has 0 aliphatic rings. The fraction of sp³-hybridized carbons (Fsp3) is 0.500. The van der Waals surface area contributed by atoms with E-state index in [1.807, 2.05) is 0 Å². The van der Waals surface area contributed by atoms with Crippen molar-refractivity contribution in [3.63, 3.8) is 0 Å². The smallest absolute Gasteiger partial charge is 0.358 e. The summed E-state index contributed by atoms with van der Waals surface area (Å²) in [6.45, 7) is 0. The Morgan fingerprint density at radius 3 is 2.47 bits per heavy atom. The maximum absolute atomic E-state index is 10.4. The lowest BCUT2D eigenvalue weighted by Gasteiger charge is -1.92. The third-order valence-electron chi connectivity index (χ3n) is 1.65. The Hall–Kier alpha value is -1.70. The number of alkyl halides is 1. The van der Waals surface area contributed by atoms with Gasteiger partial charge < -0.3 is 10.1 Å². The molecular weight excluding hydrogens is 230 g/mol. The number of rotatable bonds is 5. The van der Waals surface area contributed by atoms with Crippen molar-refractivity contribution < 1.29 is 14.4 Å². The van der Waals surface area contributed by atoms with Gasteiger partial charge in [0.05, 0.1) is 0 Å². The quantitative estimate of drug-likeness (QED) is 0.436. The molecule has 0 atom stereocenters. The lowest BCUT2D eigenvalue weighted by Crippen LogP contribution is -1.97. The molecule has 0 unspecified atom stereocenters. The Balaban J connectivity index is 3.08. The van der Waals surface area contributed by atoms with E-state index in [0.717, 1.165) is 0 Å². The van der Waals surface area contributed by atoms with Gasteiger partial charge in [-0.15, -0.1) is 11.6 Å². The molecule has 1 heterocycles. The molecule has 8 nitrogen and oxygen atoms in total. The Bertz CT molecular complexity index is 359. The molecule has 0 fully saturated rings. The Morgan fingerprint density at radius 2 is 2.00 bits per heavy atom. The van der Waals surface area contributed by atoms with E-state index in [9.17, 15) is 20.2 Å². The average Bonchev–Trinajstić information content (AvgIpc) is 2.57. The van der Waals surface area contributed by atoms with Crippen LogP contribution in [0.25, 0.3) is 0 Å². The van der Waals surface area contributed by atoms with Gasteiger partial charge in [0.1, 0.15) is 4.92 Å². The predicted octanol–water partition coefficient (Wildman–Crippen LogP) is 1.66. The standard InChI is InChI=1S/C6H6ClN3O5/c7-3-1-2-4-5(9(11)12)8-15-6(4)10(13)14/h1-3H2. The van der Waals surface area contributed by atoms with E-state index in [2.05, 4.69) is 9.68 Å². The van der Waals surface area contributed by atoms with Crippen LogP contribution in [0.5, 0.6) is 0 Å². The van der Waals surface area contributed by atoms with E-state index in [-0.39, 0.29) is 17.9 Å². The summed E-state index contributed by atoms with van der Waals surface area (Å²) in [6, 6.07) is 0. The highest BCUT2D eigenvalue weighted by Gasteiger charge is 2.33. The second kappa shape index (κ2) is 4.69. The number of aromatic nitrogens is 1. The second-order valence-corrected chi connectivity index (χ2v) is 2.97. The van der Waals surface area contributed by atoms with Gasteiger partial charge in [-0.05, 0) is 17.8 Å². The minimum absolute atomic E-state index is 0.0969. The lowest BCUT2D eigenvalue weighted by atomic mass is 10.2. The highest BCUT2D eigenvalue weighted by molar-refractivity contribution is 6.17. The predicted molar refractivity (Wildman–Crippen MR) is 48.9 cm³/mol. The van der Waals surface area contributed by atoms with Crippen molar-refractivity contribution in [3.05, 3.63) is 25.8 Å². The first kappa shape index (κ1) is 11.4. The first-order valence-electron chi connectivity index (χ1n) is 3.91. The van der Waals surface area contributed by atoms with Crippen LogP contribution < -0.4 is 0 Å². The van der Waals surface area contributed by atoms with Crippen LogP contribution in [0.2, 0.25) is 0 Å². The number of hydrogen-bond donors (Lipinski definition) is 0. The zero-order valence-electron chi connectivity index (χ0n) is 7.38. The van der Waals surface area contributed by atoms with Crippen molar-refractivity contribution in [1.29, 1.82) is 0 Å². The second-order valence-electron chi connectivity index (χ2n) is 2.60. The summed E-state index contributed by atoms with van der Waals surface area (Å²) in [4.78, 5) is 19.2. The van der Waals surface area contributed by atoms with Crippen molar-refractivity contribution in [1.82, 2.24) is 5.16 Å². The van der Waals surface area contributed by atoms with Gasteiger partial charge in [0, 0.05) is 5.88 Å². The molecule has 1 aromatic heterocycles. The minimum atomic E-state index is -0.844. The van der Waals surface area contributed by atoms with Gasteiger partial charge in [-0.25, -0.2) is 0 Å². The molecule has 1 aromatic rings. The molecule has 15 heavy (non-hydrogen) atoms. The summed E-state index contributed by atoms with van der Waals surface area (Å²) in [5, 5.41) is 23.9. The fourth-order valence-corrected chi connectivity index (χ4v) is 1.18. The van der Waals surface area contributed by atoms with Crippen LogP contribution in [0.3, 0.4) is 0 Å². The molecule has 82 valence electrons. The van der Waals surface area contributed by atoms with Crippen LogP contribution >= 0.6 is 11.6 Å². The molecule has 0 aliphatic heterocycles. The zero-order valence-corrected chi connectivity index (χ0v) is 8.14. The number of hydrogen-bond acceptors (Lipinski definition) is 6. The van der Waals surface area contributed by atoms with Crippen LogP contribution in [0.1, 0.15) is 12.0 Å². The molecule has 0 bridgehead atoms. The van der Waals surface area contributed by atoms with Crippen LogP contribution in [0, 0.1) is 20.2 Å². The molecule has 0 saturated heterocycles. The van der Waals surface area contributed by atoms with Crippen LogP contribution in [0.4, 0.5) is 11.7 Å². The summed E-state index contributed by atoms with van der Waals surface area (Å²) in [7, 11) is 0. The molecular formula is C6H6ClN3O5. The topological polar surface area (TPSA) is 112 Å². The van der Waals surface area contributed by atoms with Crippen molar-refractivity contribution in [2.45, 2.75) is 12.8 Å². The average molecular weight is 236 g/mol. The molecule has 1 rings (SSSR count). The molecule has 0 amide bonds. The zero-order chi connectivity index (χ0) is 11.4. The Labute approximate surface area is 88.1 Å². The van der Waals surface area contributed by atoms with Gasteiger partial charge in [0.2, 0.25) is 0 Å². The van der Waals surface area contributed by atoms with E-state index < -0.39 is 21.5 Å². The van der Waals surface area contributed by atoms with Crippen LogP contribution in [-0.4, -0.2) is 20.9 Å². The van der Waals surface area contributed by atoms with Crippen molar-refractivity contribution >= 4 is 23.3 Å². The summed E-state index contributed by atoms with van der Waals surface area (Å²) < 4.78 is 4.28. The maximum Gasteiger partial charge on any atom is 0.487 e. The summed E-state index contributed by atoms with van der Waals surface area (Å²) in [6.07, 6.45) is 0.476. The fourth-order valence-electron chi connectivity index (χ4n) is 1.04.